The van der Waals surface area contributed by atoms with Gasteiger partial charge in [0, 0.05) is 20.2 Å². The quantitative estimate of drug-likeness (QED) is 0.622. The number of hydrogen-bond donors (Lipinski definition) is 0. The van der Waals surface area contributed by atoms with Crippen molar-refractivity contribution in [3.8, 4) is 11.8 Å². The van der Waals surface area contributed by atoms with Gasteiger partial charge in [0.2, 0.25) is 10.0 Å². The normalized spacial score (nSPS) is 14.3. The number of anilines is 1. The van der Waals surface area contributed by atoms with Gasteiger partial charge in [0.25, 0.3) is 5.91 Å². The second kappa shape index (κ2) is 8.52. The Morgan fingerprint density at radius 3 is 2.47 bits per heavy atom. The number of ether oxygens (including phenoxy) is 1. The summed E-state index contributed by atoms with van der Waals surface area (Å²) in [5, 5.41) is 8.86. The number of carbonyl (C=O) groups is 2. The van der Waals surface area contributed by atoms with Crippen LogP contribution in [0.15, 0.2) is 53.4 Å². The summed E-state index contributed by atoms with van der Waals surface area (Å²) in [4.78, 5) is 27.7. The number of rotatable bonds is 7. The Bertz CT molecular complexity index is 1110. The molecule has 0 saturated carbocycles. The number of nitriles is 1. The van der Waals surface area contributed by atoms with Gasteiger partial charge in [-0.15, -0.1) is 0 Å². The van der Waals surface area contributed by atoms with Crippen molar-refractivity contribution < 1.29 is 22.7 Å². The van der Waals surface area contributed by atoms with Crippen LogP contribution in [0, 0.1) is 11.3 Å². The fourth-order valence-electron chi connectivity index (χ4n) is 2.96. The summed E-state index contributed by atoms with van der Waals surface area (Å²) in [5.41, 5.74) is 1.02. The Kier molecular flexibility index (Phi) is 6.05. The molecule has 9 nitrogen and oxygen atoms in total. The summed E-state index contributed by atoms with van der Waals surface area (Å²) in [6.07, 6.45) is 0. The van der Waals surface area contributed by atoms with E-state index in [0.29, 0.717) is 0 Å². The van der Waals surface area contributed by atoms with Crippen molar-refractivity contribution in [1.82, 2.24) is 9.21 Å². The van der Waals surface area contributed by atoms with Crippen LogP contribution in [0.2, 0.25) is 0 Å². The van der Waals surface area contributed by atoms with Gasteiger partial charge in [-0.3, -0.25) is 14.6 Å². The van der Waals surface area contributed by atoms with Crippen molar-refractivity contribution >= 4 is 27.6 Å². The smallest absolute Gasteiger partial charge is 0.332 e. The molecule has 1 saturated heterocycles. The van der Waals surface area contributed by atoms with Gasteiger partial charge < -0.3 is 4.74 Å². The number of nitrogens with zero attached hydrogens (tertiary/aromatic N) is 4. The highest BCUT2D eigenvalue weighted by Crippen LogP contribution is 2.34. The molecule has 1 aliphatic heterocycles. The highest BCUT2D eigenvalue weighted by Gasteiger charge is 2.38. The van der Waals surface area contributed by atoms with Gasteiger partial charge in [0.15, 0.2) is 6.61 Å². The molecule has 1 aliphatic rings. The molecule has 3 rings (SSSR count). The number of amides is 3. The molecule has 0 bridgehead atoms. The third kappa shape index (κ3) is 4.12. The maximum absolute atomic E-state index is 12.9. The van der Waals surface area contributed by atoms with Gasteiger partial charge in [0.05, 0.1) is 17.1 Å². The Morgan fingerprint density at radius 2 is 1.83 bits per heavy atom. The molecule has 1 fully saturated rings. The van der Waals surface area contributed by atoms with Crippen LogP contribution in [-0.4, -0.2) is 56.8 Å². The minimum Gasteiger partial charge on any atom is -0.477 e. The third-order valence-electron chi connectivity index (χ3n) is 4.53. The molecule has 0 unspecified atom stereocenters. The predicted molar refractivity (Wildman–Crippen MR) is 108 cm³/mol. The van der Waals surface area contributed by atoms with E-state index >= 15 is 0 Å². The van der Waals surface area contributed by atoms with Gasteiger partial charge in [-0.2, -0.15) is 5.26 Å². The van der Waals surface area contributed by atoms with Crippen molar-refractivity contribution in [2.75, 3.05) is 32.1 Å². The first-order valence-corrected chi connectivity index (χ1v) is 10.4. The van der Waals surface area contributed by atoms with E-state index in [1.54, 1.807) is 0 Å². The summed E-state index contributed by atoms with van der Waals surface area (Å²) in [6, 6.07) is 14.3. The largest absolute Gasteiger partial charge is 0.477 e. The molecular weight excluding hydrogens is 408 g/mol. The minimum atomic E-state index is -3.75. The topological polar surface area (TPSA) is 111 Å². The van der Waals surface area contributed by atoms with Crippen molar-refractivity contribution in [1.29, 1.82) is 5.26 Å². The average molecular weight is 428 g/mol. The lowest BCUT2D eigenvalue weighted by atomic mass is 10.2. The Balaban J connectivity index is 1.95. The summed E-state index contributed by atoms with van der Waals surface area (Å²) in [7, 11) is -0.967. The van der Waals surface area contributed by atoms with Crippen LogP contribution in [0.3, 0.4) is 0 Å². The number of benzene rings is 2. The van der Waals surface area contributed by atoms with E-state index in [1.165, 1.54) is 37.2 Å². The fourth-order valence-corrected chi connectivity index (χ4v) is 3.88. The van der Waals surface area contributed by atoms with E-state index in [0.717, 1.165) is 14.8 Å². The van der Waals surface area contributed by atoms with Gasteiger partial charge in [-0.05, 0) is 17.7 Å². The number of sulfonamides is 1. The second-order valence-corrected chi connectivity index (χ2v) is 8.85. The van der Waals surface area contributed by atoms with Crippen molar-refractivity contribution in [3.05, 3.63) is 54.1 Å². The van der Waals surface area contributed by atoms with E-state index in [4.69, 9.17) is 10.00 Å². The number of hydrogen-bond acceptors (Lipinski definition) is 6. The lowest BCUT2D eigenvalue weighted by molar-refractivity contribution is -0.125. The van der Waals surface area contributed by atoms with E-state index < -0.39 is 16.1 Å². The second-order valence-electron chi connectivity index (χ2n) is 6.70. The first-order chi connectivity index (χ1) is 14.3. The van der Waals surface area contributed by atoms with Crippen LogP contribution >= 0.6 is 0 Å². The van der Waals surface area contributed by atoms with Crippen LogP contribution in [0.4, 0.5) is 10.5 Å². The van der Waals surface area contributed by atoms with Crippen molar-refractivity contribution in [3.63, 3.8) is 0 Å². The molecule has 1 heterocycles. The molecule has 2 aromatic carbocycles. The standard InChI is InChI=1S/C20H20N4O5S/c1-22(2)30(27,28)16-8-9-17(18(12-16)29-11-10-21)23-14-19(25)24(20(23)26)13-15-6-4-3-5-7-15/h3-9,12H,11,13-14H2,1-2H3. The number of urea groups is 1. The van der Waals surface area contributed by atoms with Gasteiger partial charge in [-0.25, -0.2) is 17.5 Å². The van der Waals surface area contributed by atoms with Crippen molar-refractivity contribution in [2.24, 2.45) is 0 Å². The molecule has 0 aliphatic carbocycles. The van der Waals surface area contributed by atoms with Crippen LogP contribution < -0.4 is 9.64 Å². The predicted octanol–water partition coefficient (Wildman–Crippen LogP) is 1.81. The third-order valence-corrected chi connectivity index (χ3v) is 6.34. The molecular formula is C20H20N4O5S. The molecule has 30 heavy (non-hydrogen) atoms. The van der Waals surface area contributed by atoms with Crippen LogP contribution in [0.5, 0.6) is 5.75 Å². The van der Waals surface area contributed by atoms with Crippen LogP contribution in [-0.2, 0) is 21.4 Å². The van der Waals surface area contributed by atoms with E-state index in [2.05, 4.69) is 0 Å². The molecule has 156 valence electrons. The summed E-state index contributed by atoms with van der Waals surface area (Å²) in [5.74, 6) is -0.359. The lowest BCUT2D eigenvalue weighted by Crippen LogP contribution is -2.32. The van der Waals surface area contributed by atoms with E-state index in [1.807, 2.05) is 36.4 Å². The molecule has 0 atom stereocenters. The molecule has 0 N–H and O–H groups in total. The van der Waals surface area contributed by atoms with E-state index in [9.17, 15) is 18.0 Å². The Morgan fingerprint density at radius 1 is 1.13 bits per heavy atom. The molecule has 2 aromatic rings. The molecule has 10 heteroatoms. The number of carbonyl (C=O) groups excluding carboxylic acids is 2. The first-order valence-electron chi connectivity index (χ1n) is 8.98. The SMILES string of the molecule is CN(C)S(=O)(=O)c1ccc(N2CC(=O)N(Cc3ccccc3)C2=O)c(OCC#N)c1. The van der Waals surface area contributed by atoms with E-state index in [-0.39, 0.29) is 41.9 Å². The summed E-state index contributed by atoms with van der Waals surface area (Å²) < 4.78 is 31.3. The zero-order valence-corrected chi connectivity index (χ0v) is 17.3. The van der Waals surface area contributed by atoms with Crippen LogP contribution in [0.25, 0.3) is 0 Å². The van der Waals surface area contributed by atoms with Crippen molar-refractivity contribution in [2.45, 2.75) is 11.4 Å². The van der Waals surface area contributed by atoms with Gasteiger partial charge in [0.1, 0.15) is 18.4 Å². The maximum atomic E-state index is 12.9. The average Bonchev–Trinajstić information content (AvgIpc) is 3.00. The maximum Gasteiger partial charge on any atom is 0.332 e. The van der Waals surface area contributed by atoms with Crippen LogP contribution in [0.1, 0.15) is 5.56 Å². The fraction of sp³-hybridized carbons (Fsp3) is 0.250. The Labute approximate surface area is 174 Å². The van der Waals surface area contributed by atoms with Gasteiger partial charge >= 0.3 is 6.03 Å². The summed E-state index contributed by atoms with van der Waals surface area (Å²) in [6.45, 7) is -0.437. The highest BCUT2D eigenvalue weighted by atomic mass is 32.2. The monoisotopic (exact) mass is 428 g/mol. The molecule has 0 spiro atoms. The molecule has 3 amide bonds. The zero-order valence-electron chi connectivity index (χ0n) is 16.5. The molecule has 0 aromatic heterocycles. The zero-order chi connectivity index (χ0) is 21.9. The first kappa shape index (κ1) is 21.3. The number of imide groups is 1. The summed E-state index contributed by atoms with van der Waals surface area (Å²) >= 11 is 0. The highest BCUT2D eigenvalue weighted by molar-refractivity contribution is 7.89. The minimum absolute atomic E-state index is 0.0298. The van der Waals surface area contributed by atoms with Gasteiger partial charge in [-0.1, -0.05) is 30.3 Å². The Hall–Kier alpha value is -3.42. The lowest BCUT2D eigenvalue weighted by Gasteiger charge is -2.21. The molecule has 0 radical (unpaired) electrons.